The molecule has 112 valence electrons. The number of thiophene rings is 1. The van der Waals surface area contributed by atoms with Crippen LogP contribution in [0.5, 0.6) is 0 Å². The van der Waals surface area contributed by atoms with Crippen molar-refractivity contribution in [3.63, 3.8) is 0 Å². The van der Waals surface area contributed by atoms with Gasteiger partial charge in [-0.1, -0.05) is 0 Å². The van der Waals surface area contributed by atoms with Crippen molar-refractivity contribution in [2.24, 2.45) is 7.05 Å². The highest BCUT2D eigenvalue weighted by Gasteiger charge is 2.10. The maximum Gasteiger partial charge on any atom is 0.265 e. The summed E-state index contributed by atoms with van der Waals surface area (Å²) in [6.45, 7) is 1.94. The molecule has 3 rings (SSSR count). The fourth-order valence-corrected chi connectivity index (χ4v) is 3.45. The van der Waals surface area contributed by atoms with Gasteiger partial charge in [-0.15, -0.1) is 21.5 Å². The third-order valence-corrected chi connectivity index (χ3v) is 5.13. The molecule has 2 aromatic heterocycles. The highest BCUT2D eigenvalue weighted by atomic mass is 32.2. The third kappa shape index (κ3) is 3.20. The Hall–Kier alpha value is -2.12. The van der Waals surface area contributed by atoms with Crippen molar-refractivity contribution in [1.29, 1.82) is 0 Å². The van der Waals surface area contributed by atoms with Gasteiger partial charge < -0.3 is 9.88 Å². The minimum Gasteiger partial charge on any atom is -0.321 e. The van der Waals surface area contributed by atoms with Gasteiger partial charge in [0, 0.05) is 17.6 Å². The second-order valence-electron chi connectivity index (χ2n) is 4.74. The van der Waals surface area contributed by atoms with Crippen LogP contribution in [0.4, 0.5) is 5.69 Å². The average Bonchev–Trinajstić information content (AvgIpc) is 3.10. The van der Waals surface area contributed by atoms with Crippen molar-refractivity contribution < 1.29 is 4.79 Å². The molecule has 3 aromatic rings. The van der Waals surface area contributed by atoms with Crippen LogP contribution in [0, 0.1) is 6.92 Å². The summed E-state index contributed by atoms with van der Waals surface area (Å²) in [5.74, 6) is -0.0683. The van der Waals surface area contributed by atoms with Crippen LogP contribution in [0.1, 0.15) is 15.2 Å². The van der Waals surface area contributed by atoms with E-state index in [4.69, 9.17) is 0 Å². The van der Waals surface area contributed by atoms with Crippen LogP contribution in [-0.2, 0) is 7.05 Å². The van der Waals surface area contributed by atoms with E-state index in [2.05, 4.69) is 15.5 Å². The fourth-order valence-electron chi connectivity index (χ4n) is 1.87. The van der Waals surface area contributed by atoms with Crippen molar-refractivity contribution >= 4 is 34.7 Å². The number of nitrogens with one attached hydrogen (secondary N) is 1. The Morgan fingerprint density at radius 2 is 2.05 bits per heavy atom. The van der Waals surface area contributed by atoms with Crippen molar-refractivity contribution in [3.05, 3.63) is 52.5 Å². The van der Waals surface area contributed by atoms with Crippen LogP contribution in [-0.4, -0.2) is 20.7 Å². The quantitative estimate of drug-likeness (QED) is 0.794. The smallest absolute Gasteiger partial charge is 0.265 e. The summed E-state index contributed by atoms with van der Waals surface area (Å²) >= 11 is 2.98. The Bertz CT molecular complexity index is 792. The molecule has 0 unspecified atom stereocenters. The largest absolute Gasteiger partial charge is 0.321 e. The number of nitrogens with zero attached hydrogens (tertiary/aromatic N) is 3. The first-order valence-electron chi connectivity index (χ1n) is 6.61. The van der Waals surface area contributed by atoms with Gasteiger partial charge >= 0.3 is 0 Å². The second-order valence-corrected chi connectivity index (χ2v) is 6.69. The van der Waals surface area contributed by atoms with Crippen LogP contribution >= 0.6 is 23.1 Å². The SMILES string of the molecule is Cc1ccsc1C(=O)Nc1ccc(Sc2nncn2C)cc1. The number of benzene rings is 1. The monoisotopic (exact) mass is 330 g/mol. The van der Waals surface area contributed by atoms with E-state index in [-0.39, 0.29) is 5.91 Å². The van der Waals surface area contributed by atoms with E-state index in [1.165, 1.54) is 23.1 Å². The van der Waals surface area contributed by atoms with Crippen molar-refractivity contribution in [3.8, 4) is 0 Å². The predicted molar refractivity (Wildman–Crippen MR) is 88.6 cm³/mol. The van der Waals surface area contributed by atoms with E-state index in [0.717, 1.165) is 26.2 Å². The minimum atomic E-state index is -0.0683. The van der Waals surface area contributed by atoms with E-state index in [1.807, 2.05) is 54.3 Å². The lowest BCUT2D eigenvalue weighted by Crippen LogP contribution is -2.11. The number of hydrogen-bond acceptors (Lipinski definition) is 5. The molecule has 0 bridgehead atoms. The molecule has 2 heterocycles. The number of aromatic nitrogens is 3. The maximum atomic E-state index is 12.2. The summed E-state index contributed by atoms with van der Waals surface area (Å²) in [7, 11) is 1.90. The van der Waals surface area contributed by atoms with E-state index in [0.29, 0.717) is 0 Å². The zero-order valence-corrected chi connectivity index (χ0v) is 13.7. The van der Waals surface area contributed by atoms with E-state index >= 15 is 0 Å². The van der Waals surface area contributed by atoms with Gasteiger partial charge in [-0.3, -0.25) is 4.79 Å². The van der Waals surface area contributed by atoms with Gasteiger partial charge in [0.05, 0.1) is 4.88 Å². The second kappa shape index (κ2) is 6.33. The molecule has 0 saturated carbocycles. The molecule has 0 aliphatic heterocycles. The summed E-state index contributed by atoms with van der Waals surface area (Å²) in [4.78, 5) is 13.9. The summed E-state index contributed by atoms with van der Waals surface area (Å²) in [6, 6.07) is 9.63. The van der Waals surface area contributed by atoms with Gasteiger partial charge in [0.1, 0.15) is 6.33 Å². The lowest BCUT2D eigenvalue weighted by Gasteiger charge is -2.06. The Kier molecular flexibility index (Phi) is 4.26. The summed E-state index contributed by atoms with van der Waals surface area (Å²) < 4.78 is 1.86. The van der Waals surface area contributed by atoms with Crippen molar-refractivity contribution in [2.45, 2.75) is 17.0 Å². The summed E-state index contributed by atoms with van der Waals surface area (Å²) in [5.41, 5.74) is 1.78. The molecule has 0 aliphatic carbocycles. The van der Waals surface area contributed by atoms with Gasteiger partial charge in [-0.05, 0) is 60.0 Å². The molecule has 1 aromatic carbocycles. The standard InChI is InChI=1S/C15H14N4OS2/c1-10-7-8-21-13(10)14(20)17-11-3-5-12(6-4-11)22-15-18-16-9-19(15)2/h3-9H,1-2H3,(H,17,20). The lowest BCUT2D eigenvalue weighted by molar-refractivity contribution is 0.103. The zero-order chi connectivity index (χ0) is 15.5. The van der Waals surface area contributed by atoms with Crippen LogP contribution in [0.15, 0.2) is 52.1 Å². The van der Waals surface area contributed by atoms with Crippen molar-refractivity contribution in [1.82, 2.24) is 14.8 Å². The predicted octanol–water partition coefficient (Wildman–Crippen LogP) is 3.59. The molecule has 5 nitrogen and oxygen atoms in total. The highest BCUT2D eigenvalue weighted by molar-refractivity contribution is 7.99. The number of anilines is 1. The number of rotatable bonds is 4. The first-order chi connectivity index (χ1) is 10.6. The molecule has 0 fully saturated rings. The third-order valence-electron chi connectivity index (χ3n) is 3.06. The number of amides is 1. The highest BCUT2D eigenvalue weighted by Crippen LogP contribution is 2.26. The number of carbonyl (C=O) groups is 1. The minimum absolute atomic E-state index is 0.0683. The molecule has 1 amide bonds. The Morgan fingerprint density at radius 1 is 1.27 bits per heavy atom. The van der Waals surface area contributed by atoms with E-state index in [1.54, 1.807) is 6.33 Å². The molecular weight excluding hydrogens is 316 g/mol. The average molecular weight is 330 g/mol. The first-order valence-corrected chi connectivity index (χ1v) is 8.30. The normalized spacial score (nSPS) is 10.6. The Morgan fingerprint density at radius 3 is 2.64 bits per heavy atom. The van der Waals surface area contributed by atoms with Gasteiger partial charge in [-0.25, -0.2) is 0 Å². The Balaban J connectivity index is 1.68. The van der Waals surface area contributed by atoms with Crippen molar-refractivity contribution in [2.75, 3.05) is 5.32 Å². The summed E-state index contributed by atoms with van der Waals surface area (Å²) in [5, 5.41) is 13.5. The van der Waals surface area contributed by atoms with Crippen LogP contribution < -0.4 is 5.32 Å². The van der Waals surface area contributed by atoms with Crippen LogP contribution in [0.25, 0.3) is 0 Å². The number of aryl methyl sites for hydroxylation is 2. The molecular formula is C15H14N4OS2. The molecule has 0 spiro atoms. The van der Waals surface area contributed by atoms with Gasteiger partial charge in [0.2, 0.25) is 0 Å². The van der Waals surface area contributed by atoms with E-state index in [9.17, 15) is 4.79 Å². The lowest BCUT2D eigenvalue weighted by atomic mass is 10.2. The maximum absolute atomic E-state index is 12.2. The van der Waals surface area contributed by atoms with Crippen LogP contribution in [0.3, 0.4) is 0 Å². The zero-order valence-electron chi connectivity index (χ0n) is 12.1. The first kappa shape index (κ1) is 14.8. The summed E-state index contributed by atoms with van der Waals surface area (Å²) in [6.07, 6.45) is 1.67. The molecule has 0 saturated heterocycles. The van der Waals surface area contributed by atoms with E-state index < -0.39 is 0 Å². The molecule has 1 N–H and O–H groups in total. The fraction of sp³-hybridized carbons (Fsp3) is 0.133. The van der Waals surface area contributed by atoms with Gasteiger partial charge in [0.15, 0.2) is 5.16 Å². The molecule has 0 aliphatic rings. The molecule has 0 atom stereocenters. The molecule has 0 radical (unpaired) electrons. The number of hydrogen-bond donors (Lipinski definition) is 1. The topological polar surface area (TPSA) is 59.8 Å². The van der Waals surface area contributed by atoms with Gasteiger partial charge in [-0.2, -0.15) is 0 Å². The molecule has 22 heavy (non-hydrogen) atoms. The van der Waals surface area contributed by atoms with Crippen LogP contribution in [0.2, 0.25) is 0 Å². The molecule has 7 heteroatoms. The number of carbonyl (C=O) groups excluding carboxylic acids is 1. The van der Waals surface area contributed by atoms with Gasteiger partial charge in [0.25, 0.3) is 5.91 Å². The Labute approximate surface area is 136 Å².